The van der Waals surface area contributed by atoms with Gasteiger partial charge in [0.2, 0.25) is 5.24 Å². The number of benzene rings is 2. The molecular formula is C20H24ClNO3S. The zero-order valence-corrected chi connectivity index (χ0v) is 17.1. The van der Waals surface area contributed by atoms with Crippen molar-refractivity contribution < 1.29 is 13.2 Å². The average molecular weight is 394 g/mol. The predicted molar refractivity (Wildman–Crippen MR) is 106 cm³/mol. The van der Waals surface area contributed by atoms with Crippen LogP contribution in [0.2, 0.25) is 0 Å². The lowest BCUT2D eigenvalue weighted by atomic mass is 10.0. The SMILES string of the molecule is CCc1cccc(CC)c1N(C(C)C(=O)Cl)S(=O)(=O)c1ccc(C)cc1. The first-order chi connectivity index (χ1) is 12.2. The summed E-state index contributed by atoms with van der Waals surface area (Å²) in [6.07, 6.45) is 1.29. The van der Waals surface area contributed by atoms with Gasteiger partial charge in [-0.15, -0.1) is 0 Å². The van der Waals surface area contributed by atoms with E-state index in [0.717, 1.165) is 16.7 Å². The standard InChI is InChI=1S/C20H24ClNO3S/c1-5-16-8-7-9-17(6-2)19(16)22(15(4)20(21)23)26(24,25)18-12-10-14(3)11-13-18/h7-13,15H,5-6H2,1-4H3. The highest BCUT2D eigenvalue weighted by molar-refractivity contribution is 7.93. The highest BCUT2D eigenvalue weighted by Crippen LogP contribution is 2.34. The molecule has 2 aromatic carbocycles. The van der Waals surface area contributed by atoms with Crippen LogP contribution in [-0.4, -0.2) is 19.7 Å². The molecule has 4 nitrogen and oxygen atoms in total. The summed E-state index contributed by atoms with van der Waals surface area (Å²) in [6.45, 7) is 7.33. The molecule has 0 amide bonds. The number of hydrogen-bond acceptors (Lipinski definition) is 3. The van der Waals surface area contributed by atoms with E-state index in [2.05, 4.69) is 0 Å². The Morgan fingerprint density at radius 1 is 1.04 bits per heavy atom. The maximum atomic E-state index is 13.4. The minimum atomic E-state index is -3.95. The third kappa shape index (κ3) is 3.94. The number of rotatable bonds is 7. The maximum absolute atomic E-state index is 13.4. The molecule has 2 rings (SSSR count). The first-order valence-corrected chi connectivity index (χ1v) is 10.5. The Labute approximate surface area is 160 Å². The molecule has 0 spiro atoms. The number of halogens is 1. The second kappa shape index (κ2) is 8.23. The van der Waals surface area contributed by atoms with Gasteiger partial charge in [-0.05, 0) is 61.5 Å². The molecule has 0 aliphatic rings. The summed E-state index contributed by atoms with van der Waals surface area (Å²) in [6, 6.07) is 11.3. The second-order valence-corrected chi connectivity index (χ2v) is 8.41. The number of nitrogens with zero attached hydrogens (tertiary/aromatic N) is 1. The molecule has 140 valence electrons. The zero-order valence-electron chi connectivity index (χ0n) is 15.5. The van der Waals surface area contributed by atoms with Crippen molar-refractivity contribution in [1.29, 1.82) is 0 Å². The van der Waals surface area contributed by atoms with Crippen LogP contribution in [-0.2, 0) is 27.7 Å². The largest absolute Gasteiger partial charge is 0.279 e. The van der Waals surface area contributed by atoms with E-state index >= 15 is 0 Å². The fourth-order valence-electron chi connectivity index (χ4n) is 2.94. The molecule has 6 heteroatoms. The topological polar surface area (TPSA) is 54.5 Å². The molecule has 0 heterocycles. The molecule has 0 saturated carbocycles. The molecule has 0 aromatic heterocycles. The Hall–Kier alpha value is -1.85. The Morgan fingerprint density at radius 3 is 1.96 bits per heavy atom. The quantitative estimate of drug-likeness (QED) is 0.652. The van der Waals surface area contributed by atoms with Crippen molar-refractivity contribution in [2.24, 2.45) is 0 Å². The summed E-state index contributed by atoms with van der Waals surface area (Å²) >= 11 is 5.74. The van der Waals surface area contributed by atoms with E-state index in [4.69, 9.17) is 11.6 Å². The number of carbonyl (C=O) groups is 1. The molecule has 0 saturated heterocycles. The Bertz CT molecular complexity index is 870. The molecule has 2 aromatic rings. The average Bonchev–Trinajstić information content (AvgIpc) is 2.61. The molecule has 1 unspecified atom stereocenters. The highest BCUT2D eigenvalue weighted by Gasteiger charge is 2.35. The Morgan fingerprint density at radius 2 is 1.54 bits per heavy atom. The van der Waals surface area contributed by atoms with E-state index in [1.54, 1.807) is 24.3 Å². The summed E-state index contributed by atoms with van der Waals surface area (Å²) in [5.74, 6) is 0. The van der Waals surface area contributed by atoms with E-state index in [9.17, 15) is 13.2 Å². The van der Waals surface area contributed by atoms with E-state index in [0.29, 0.717) is 18.5 Å². The van der Waals surface area contributed by atoms with E-state index < -0.39 is 21.3 Å². The van der Waals surface area contributed by atoms with Crippen LogP contribution in [0, 0.1) is 6.92 Å². The number of aryl methyl sites for hydroxylation is 3. The Balaban J connectivity index is 2.77. The first-order valence-electron chi connectivity index (χ1n) is 8.65. The van der Waals surface area contributed by atoms with Crippen molar-refractivity contribution in [1.82, 2.24) is 0 Å². The van der Waals surface area contributed by atoms with Crippen LogP contribution < -0.4 is 4.31 Å². The first kappa shape index (κ1) is 20.5. The summed E-state index contributed by atoms with van der Waals surface area (Å²) in [7, 11) is -3.95. The monoisotopic (exact) mass is 393 g/mol. The molecule has 0 N–H and O–H groups in total. The lowest BCUT2D eigenvalue weighted by molar-refractivity contribution is -0.112. The minimum absolute atomic E-state index is 0.140. The highest BCUT2D eigenvalue weighted by atomic mass is 35.5. The van der Waals surface area contributed by atoms with Crippen LogP contribution in [0.4, 0.5) is 5.69 Å². The summed E-state index contributed by atoms with van der Waals surface area (Å²) in [5, 5.41) is -0.714. The third-order valence-corrected chi connectivity index (χ3v) is 6.64. The summed E-state index contributed by atoms with van der Waals surface area (Å²) < 4.78 is 28.1. The predicted octanol–water partition coefficient (Wildman–Crippen LogP) is 4.47. The molecule has 1 atom stereocenters. The lowest BCUT2D eigenvalue weighted by Crippen LogP contribution is -2.43. The molecule has 0 bridgehead atoms. The lowest BCUT2D eigenvalue weighted by Gasteiger charge is -2.32. The molecule has 0 aliphatic carbocycles. The van der Waals surface area contributed by atoms with Crippen molar-refractivity contribution in [3.8, 4) is 0 Å². The molecule has 0 fully saturated rings. The van der Waals surface area contributed by atoms with Crippen LogP contribution in [0.15, 0.2) is 47.4 Å². The van der Waals surface area contributed by atoms with Crippen LogP contribution >= 0.6 is 11.6 Å². The summed E-state index contributed by atoms with van der Waals surface area (Å²) in [4.78, 5) is 12.1. The number of hydrogen-bond donors (Lipinski definition) is 0. The van der Waals surface area contributed by atoms with Gasteiger partial charge in [0.05, 0.1) is 10.6 Å². The van der Waals surface area contributed by atoms with Gasteiger partial charge in [0.15, 0.2) is 0 Å². The van der Waals surface area contributed by atoms with Gasteiger partial charge >= 0.3 is 0 Å². The number of carbonyl (C=O) groups excluding carboxylic acids is 1. The van der Waals surface area contributed by atoms with Gasteiger partial charge < -0.3 is 0 Å². The van der Waals surface area contributed by atoms with Gasteiger partial charge in [-0.25, -0.2) is 8.42 Å². The van der Waals surface area contributed by atoms with E-state index in [-0.39, 0.29) is 4.90 Å². The smallest absolute Gasteiger partial charge is 0.265 e. The normalized spacial score (nSPS) is 12.7. The van der Waals surface area contributed by atoms with Crippen LogP contribution in [0.3, 0.4) is 0 Å². The van der Waals surface area contributed by atoms with Crippen molar-refractivity contribution >= 4 is 32.6 Å². The van der Waals surface area contributed by atoms with Crippen molar-refractivity contribution in [2.45, 2.75) is 51.5 Å². The van der Waals surface area contributed by atoms with Gasteiger partial charge in [-0.3, -0.25) is 9.10 Å². The number of sulfonamides is 1. The number of para-hydroxylation sites is 1. The number of anilines is 1. The Kier molecular flexibility index (Phi) is 6.48. The minimum Gasteiger partial charge on any atom is -0.279 e. The van der Waals surface area contributed by atoms with Gasteiger partial charge in [0.1, 0.15) is 6.04 Å². The molecule has 26 heavy (non-hydrogen) atoms. The fourth-order valence-corrected chi connectivity index (χ4v) is 4.79. The van der Waals surface area contributed by atoms with Gasteiger partial charge in [-0.1, -0.05) is 49.7 Å². The maximum Gasteiger partial charge on any atom is 0.265 e. The van der Waals surface area contributed by atoms with E-state index in [1.165, 1.54) is 11.2 Å². The van der Waals surface area contributed by atoms with Gasteiger partial charge in [0.25, 0.3) is 10.0 Å². The zero-order chi connectivity index (χ0) is 19.5. The van der Waals surface area contributed by atoms with Gasteiger partial charge in [-0.2, -0.15) is 0 Å². The molecule has 0 radical (unpaired) electrons. The second-order valence-electron chi connectivity index (χ2n) is 6.23. The third-order valence-electron chi connectivity index (χ3n) is 4.44. The van der Waals surface area contributed by atoms with Crippen LogP contribution in [0.1, 0.15) is 37.5 Å². The summed E-state index contributed by atoms with van der Waals surface area (Å²) in [5.41, 5.74) is 3.24. The van der Waals surface area contributed by atoms with Crippen molar-refractivity contribution in [3.05, 3.63) is 59.2 Å². The van der Waals surface area contributed by atoms with Crippen molar-refractivity contribution in [3.63, 3.8) is 0 Å². The van der Waals surface area contributed by atoms with Crippen LogP contribution in [0.25, 0.3) is 0 Å². The van der Waals surface area contributed by atoms with E-state index in [1.807, 2.05) is 39.0 Å². The van der Waals surface area contributed by atoms with Crippen molar-refractivity contribution in [2.75, 3.05) is 4.31 Å². The molecular weight excluding hydrogens is 370 g/mol. The fraction of sp³-hybridized carbons (Fsp3) is 0.350. The van der Waals surface area contributed by atoms with Crippen LogP contribution in [0.5, 0.6) is 0 Å². The molecule has 0 aliphatic heterocycles. The van der Waals surface area contributed by atoms with Gasteiger partial charge in [0, 0.05) is 0 Å².